The van der Waals surface area contributed by atoms with E-state index in [1.54, 1.807) is 0 Å². The number of hydrogen-bond acceptors (Lipinski definition) is 2. The zero-order valence-electron chi connectivity index (χ0n) is 6.45. The number of hydrogen-bond donors (Lipinski definition) is 1. The van der Waals surface area contributed by atoms with Gasteiger partial charge in [0.2, 0.25) is 0 Å². The minimum absolute atomic E-state index is 0.0457. The summed E-state index contributed by atoms with van der Waals surface area (Å²) in [5.41, 5.74) is 0. The van der Waals surface area contributed by atoms with Gasteiger partial charge in [-0.15, -0.1) is 0 Å². The first kappa shape index (κ1) is 6.62. The molecule has 2 rings (SSSR count). The molecule has 0 aromatic rings. The summed E-state index contributed by atoms with van der Waals surface area (Å²) < 4.78 is 0. The molecule has 1 N–H and O–H groups in total. The van der Waals surface area contributed by atoms with Crippen molar-refractivity contribution in [3.8, 4) is 0 Å². The molecule has 0 aromatic heterocycles. The monoisotopic (exact) mass is 141 g/mol. The van der Waals surface area contributed by atoms with Crippen molar-refractivity contribution < 1.29 is 5.11 Å². The molecule has 0 spiro atoms. The lowest BCUT2D eigenvalue weighted by molar-refractivity contribution is 0.173. The smallest absolute Gasteiger partial charge is 0.0682 e. The van der Waals surface area contributed by atoms with Gasteiger partial charge in [0.15, 0.2) is 0 Å². The Kier molecular flexibility index (Phi) is 1.46. The molecule has 1 heterocycles. The lowest BCUT2D eigenvalue weighted by Crippen LogP contribution is -2.29. The first-order valence-electron chi connectivity index (χ1n) is 4.21. The second-order valence-electron chi connectivity index (χ2n) is 3.67. The topological polar surface area (TPSA) is 23.5 Å². The average Bonchev–Trinajstić information content (AvgIpc) is 2.61. The minimum Gasteiger partial charge on any atom is -0.392 e. The third kappa shape index (κ3) is 1.06. The number of rotatable bonds is 1. The summed E-state index contributed by atoms with van der Waals surface area (Å²) in [6.45, 7) is 3.14. The van der Waals surface area contributed by atoms with Gasteiger partial charge in [0.1, 0.15) is 0 Å². The van der Waals surface area contributed by atoms with Crippen molar-refractivity contribution in [2.24, 2.45) is 0 Å². The fraction of sp³-hybridized carbons (Fsp3) is 1.00. The summed E-state index contributed by atoms with van der Waals surface area (Å²) >= 11 is 0. The minimum atomic E-state index is -0.0457. The van der Waals surface area contributed by atoms with Crippen molar-refractivity contribution in [1.29, 1.82) is 0 Å². The number of β-amino-alcohol motifs (C(OH)–C–C–N with tert-alkyl or cyclic N) is 1. The molecule has 0 aromatic carbocycles. The van der Waals surface area contributed by atoms with Crippen molar-refractivity contribution in [3.63, 3.8) is 0 Å². The van der Waals surface area contributed by atoms with Crippen LogP contribution in [0.4, 0.5) is 0 Å². The van der Waals surface area contributed by atoms with Crippen LogP contribution in [-0.4, -0.2) is 34.7 Å². The van der Waals surface area contributed by atoms with E-state index in [4.69, 9.17) is 0 Å². The fourth-order valence-corrected chi connectivity index (χ4v) is 1.94. The molecule has 2 fully saturated rings. The van der Waals surface area contributed by atoms with Crippen molar-refractivity contribution in [3.05, 3.63) is 0 Å². The van der Waals surface area contributed by atoms with E-state index in [9.17, 15) is 5.11 Å². The van der Waals surface area contributed by atoms with Gasteiger partial charge in [0, 0.05) is 18.6 Å². The van der Waals surface area contributed by atoms with Gasteiger partial charge in [0.25, 0.3) is 0 Å². The summed E-state index contributed by atoms with van der Waals surface area (Å²) in [6.07, 6.45) is 3.65. The molecule has 2 nitrogen and oxygen atoms in total. The van der Waals surface area contributed by atoms with Crippen molar-refractivity contribution in [2.45, 2.75) is 44.4 Å². The third-order valence-corrected chi connectivity index (χ3v) is 2.62. The predicted octanol–water partition coefficient (Wildman–Crippen LogP) is 0.604. The Morgan fingerprint density at radius 3 is 2.50 bits per heavy atom. The van der Waals surface area contributed by atoms with Gasteiger partial charge in [-0.1, -0.05) is 0 Å². The Morgan fingerprint density at radius 1 is 1.40 bits per heavy atom. The van der Waals surface area contributed by atoms with Crippen molar-refractivity contribution >= 4 is 0 Å². The molecule has 1 aliphatic heterocycles. The van der Waals surface area contributed by atoms with Gasteiger partial charge in [-0.25, -0.2) is 0 Å². The maximum atomic E-state index is 9.30. The molecule has 2 unspecified atom stereocenters. The van der Waals surface area contributed by atoms with Crippen molar-refractivity contribution in [2.75, 3.05) is 6.54 Å². The van der Waals surface area contributed by atoms with Crippen LogP contribution in [0.2, 0.25) is 0 Å². The molecule has 1 saturated heterocycles. The Morgan fingerprint density at radius 2 is 2.10 bits per heavy atom. The van der Waals surface area contributed by atoms with Gasteiger partial charge < -0.3 is 5.11 Å². The first-order valence-corrected chi connectivity index (χ1v) is 4.21. The molecule has 10 heavy (non-hydrogen) atoms. The van der Waals surface area contributed by atoms with Gasteiger partial charge in [-0.05, 0) is 26.2 Å². The summed E-state index contributed by atoms with van der Waals surface area (Å²) in [5.74, 6) is 0. The lowest BCUT2D eigenvalue weighted by Gasteiger charge is -2.19. The lowest BCUT2D eigenvalue weighted by atomic mass is 10.2. The van der Waals surface area contributed by atoms with Crippen LogP contribution in [0.25, 0.3) is 0 Å². The highest BCUT2D eigenvalue weighted by Crippen LogP contribution is 2.32. The standard InChI is InChI=1S/C8H15NO/c1-6-4-8(10)5-9(6)7-2-3-7/h6-8,10H,2-5H2,1H3. The number of nitrogens with zero attached hydrogens (tertiary/aromatic N) is 1. The van der Waals surface area contributed by atoms with E-state index in [-0.39, 0.29) is 6.10 Å². The maximum absolute atomic E-state index is 9.30. The number of aliphatic hydroxyl groups is 1. The van der Waals surface area contributed by atoms with Crippen LogP contribution in [-0.2, 0) is 0 Å². The van der Waals surface area contributed by atoms with Crippen molar-refractivity contribution in [1.82, 2.24) is 4.90 Å². The van der Waals surface area contributed by atoms with Gasteiger partial charge in [0.05, 0.1) is 6.10 Å². The highest BCUT2D eigenvalue weighted by molar-refractivity contribution is 4.93. The Labute approximate surface area is 61.8 Å². The molecule has 0 amide bonds. The number of aliphatic hydroxyl groups excluding tert-OH is 1. The van der Waals surface area contributed by atoms with E-state index < -0.39 is 0 Å². The summed E-state index contributed by atoms with van der Waals surface area (Å²) in [5, 5.41) is 9.30. The average molecular weight is 141 g/mol. The summed E-state index contributed by atoms with van der Waals surface area (Å²) in [6, 6.07) is 1.45. The van der Waals surface area contributed by atoms with Crippen LogP contribution in [0.3, 0.4) is 0 Å². The van der Waals surface area contributed by atoms with E-state index in [2.05, 4.69) is 11.8 Å². The molecular weight excluding hydrogens is 126 g/mol. The molecule has 1 aliphatic carbocycles. The van der Waals surface area contributed by atoms with Crippen LogP contribution < -0.4 is 0 Å². The first-order chi connectivity index (χ1) is 4.77. The van der Waals surface area contributed by atoms with Gasteiger partial charge in [-0.2, -0.15) is 0 Å². The molecule has 1 saturated carbocycles. The van der Waals surface area contributed by atoms with Crippen LogP contribution in [0.1, 0.15) is 26.2 Å². The zero-order valence-corrected chi connectivity index (χ0v) is 6.45. The highest BCUT2D eigenvalue weighted by atomic mass is 16.3. The second kappa shape index (κ2) is 2.21. The maximum Gasteiger partial charge on any atom is 0.0682 e. The Balaban J connectivity index is 1.95. The van der Waals surface area contributed by atoms with Gasteiger partial charge in [-0.3, -0.25) is 4.90 Å². The molecule has 0 radical (unpaired) electrons. The highest BCUT2D eigenvalue weighted by Gasteiger charge is 2.37. The Hall–Kier alpha value is -0.0800. The summed E-state index contributed by atoms with van der Waals surface area (Å²) in [4.78, 5) is 2.45. The molecule has 58 valence electrons. The van der Waals surface area contributed by atoms with E-state index in [0.717, 1.165) is 19.0 Å². The molecule has 2 atom stereocenters. The zero-order chi connectivity index (χ0) is 7.14. The summed E-state index contributed by atoms with van der Waals surface area (Å²) in [7, 11) is 0. The quantitative estimate of drug-likeness (QED) is 0.578. The van der Waals surface area contributed by atoms with Gasteiger partial charge >= 0.3 is 0 Å². The van der Waals surface area contributed by atoms with Crippen LogP contribution >= 0.6 is 0 Å². The van der Waals surface area contributed by atoms with E-state index >= 15 is 0 Å². The molecular formula is C8H15NO. The number of likely N-dealkylation sites (tertiary alicyclic amines) is 1. The third-order valence-electron chi connectivity index (χ3n) is 2.62. The van der Waals surface area contributed by atoms with E-state index in [1.807, 2.05) is 0 Å². The van der Waals surface area contributed by atoms with Crippen LogP contribution in [0.15, 0.2) is 0 Å². The largest absolute Gasteiger partial charge is 0.392 e. The van der Waals surface area contributed by atoms with Crippen LogP contribution in [0, 0.1) is 0 Å². The Bertz CT molecular complexity index is 133. The van der Waals surface area contributed by atoms with Crippen LogP contribution in [0.5, 0.6) is 0 Å². The molecule has 2 aliphatic rings. The normalized spacial score (nSPS) is 42.6. The SMILES string of the molecule is CC1CC(O)CN1C1CC1. The predicted molar refractivity (Wildman–Crippen MR) is 39.8 cm³/mol. The second-order valence-corrected chi connectivity index (χ2v) is 3.67. The van der Waals surface area contributed by atoms with E-state index in [0.29, 0.717) is 6.04 Å². The fourth-order valence-electron chi connectivity index (χ4n) is 1.94. The van der Waals surface area contributed by atoms with E-state index in [1.165, 1.54) is 12.8 Å². The molecule has 0 bridgehead atoms. The molecule has 2 heteroatoms.